The fraction of sp³-hybridized carbons (Fsp3) is 0.333. The van der Waals surface area contributed by atoms with Gasteiger partial charge in [-0.1, -0.05) is 12.1 Å². The average Bonchev–Trinajstić information content (AvgIpc) is 2.67. The SMILES string of the molecule is CSc1cccc2c3c([nH]c12)CCNC3.Cl. The van der Waals surface area contributed by atoms with Gasteiger partial charge in [-0.15, -0.1) is 24.2 Å². The van der Waals surface area contributed by atoms with E-state index < -0.39 is 0 Å². The molecule has 0 saturated carbocycles. The number of benzene rings is 1. The third kappa shape index (κ3) is 1.73. The Hall–Kier alpha value is -0.640. The average molecular weight is 255 g/mol. The Morgan fingerprint density at radius 3 is 3.00 bits per heavy atom. The van der Waals surface area contributed by atoms with Crippen molar-refractivity contribution in [3.05, 3.63) is 29.5 Å². The second-order valence-electron chi connectivity index (χ2n) is 3.89. The van der Waals surface area contributed by atoms with E-state index in [2.05, 4.69) is 34.8 Å². The standard InChI is InChI=1S/C12H14N2S.ClH/c1-15-11-4-2-3-8-9-7-13-6-5-10(9)14-12(8)11;/h2-4,13-14H,5-7H2,1H3;1H. The van der Waals surface area contributed by atoms with Crippen molar-refractivity contribution in [2.24, 2.45) is 0 Å². The van der Waals surface area contributed by atoms with Crippen molar-refractivity contribution >= 4 is 35.1 Å². The molecule has 0 bridgehead atoms. The minimum absolute atomic E-state index is 0. The van der Waals surface area contributed by atoms with E-state index >= 15 is 0 Å². The number of aromatic nitrogens is 1. The lowest BCUT2D eigenvalue weighted by Crippen LogP contribution is -2.22. The first kappa shape index (κ1) is 11.8. The normalized spacial score (nSPS) is 14.6. The van der Waals surface area contributed by atoms with Crippen LogP contribution in [0.3, 0.4) is 0 Å². The van der Waals surface area contributed by atoms with Crippen LogP contribution in [0.15, 0.2) is 23.1 Å². The van der Waals surface area contributed by atoms with Gasteiger partial charge in [-0.2, -0.15) is 0 Å². The highest BCUT2D eigenvalue weighted by Crippen LogP contribution is 2.31. The maximum atomic E-state index is 3.57. The largest absolute Gasteiger partial charge is 0.357 e. The molecule has 0 radical (unpaired) electrons. The Kier molecular flexibility index (Phi) is 3.47. The molecule has 2 aromatic rings. The van der Waals surface area contributed by atoms with Crippen LogP contribution in [0, 0.1) is 0 Å². The molecule has 16 heavy (non-hydrogen) atoms. The van der Waals surface area contributed by atoms with Crippen LogP contribution in [0.1, 0.15) is 11.3 Å². The molecule has 1 aromatic heterocycles. The van der Waals surface area contributed by atoms with Crippen LogP contribution in [0.2, 0.25) is 0 Å². The molecular formula is C12H15ClN2S. The molecule has 0 saturated heterocycles. The third-order valence-corrected chi connectivity index (χ3v) is 3.85. The lowest BCUT2D eigenvalue weighted by molar-refractivity contribution is 0.641. The molecule has 0 unspecified atom stereocenters. The summed E-state index contributed by atoms with van der Waals surface area (Å²) in [4.78, 5) is 4.92. The molecule has 2 nitrogen and oxygen atoms in total. The minimum atomic E-state index is 0. The van der Waals surface area contributed by atoms with Crippen LogP contribution in [0.4, 0.5) is 0 Å². The molecule has 1 aliphatic rings. The van der Waals surface area contributed by atoms with Crippen LogP contribution in [-0.4, -0.2) is 17.8 Å². The van der Waals surface area contributed by atoms with Gasteiger partial charge in [-0.3, -0.25) is 0 Å². The van der Waals surface area contributed by atoms with E-state index in [0.29, 0.717) is 0 Å². The Bertz CT molecular complexity index is 507. The van der Waals surface area contributed by atoms with Crippen molar-refractivity contribution in [3.63, 3.8) is 0 Å². The fourth-order valence-corrected chi connectivity index (χ4v) is 2.89. The van der Waals surface area contributed by atoms with Crippen molar-refractivity contribution < 1.29 is 0 Å². The summed E-state index contributed by atoms with van der Waals surface area (Å²) < 4.78 is 0. The Morgan fingerprint density at radius 2 is 2.19 bits per heavy atom. The Morgan fingerprint density at radius 1 is 1.31 bits per heavy atom. The van der Waals surface area contributed by atoms with Crippen molar-refractivity contribution in [1.82, 2.24) is 10.3 Å². The van der Waals surface area contributed by atoms with Gasteiger partial charge >= 0.3 is 0 Å². The van der Waals surface area contributed by atoms with E-state index in [1.807, 2.05) is 11.8 Å². The molecule has 2 N–H and O–H groups in total. The summed E-state index contributed by atoms with van der Waals surface area (Å²) >= 11 is 1.81. The summed E-state index contributed by atoms with van der Waals surface area (Å²) in [6.45, 7) is 2.10. The molecule has 86 valence electrons. The highest BCUT2D eigenvalue weighted by molar-refractivity contribution is 7.98. The second-order valence-corrected chi connectivity index (χ2v) is 4.74. The Labute approximate surface area is 106 Å². The molecule has 0 spiro atoms. The monoisotopic (exact) mass is 254 g/mol. The maximum Gasteiger partial charge on any atom is 0.0597 e. The predicted octanol–water partition coefficient (Wildman–Crippen LogP) is 2.96. The van der Waals surface area contributed by atoms with Crippen molar-refractivity contribution in [2.75, 3.05) is 12.8 Å². The summed E-state index contributed by atoms with van der Waals surface area (Å²) in [5.41, 5.74) is 4.20. The number of para-hydroxylation sites is 1. The van der Waals surface area contributed by atoms with Crippen molar-refractivity contribution in [2.45, 2.75) is 17.9 Å². The summed E-state index contributed by atoms with van der Waals surface area (Å²) in [5, 5.41) is 4.82. The number of hydrogen-bond acceptors (Lipinski definition) is 2. The number of aromatic amines is 1. The molecule has 0 amide bonds. The number of rotatable bonds is 1. The molecule has 0 aliphatic carbocycles. The van der Waals surface area contributed by atoms with E-state index in [4.69, 9.17) is 0 Å². The molecular weight excluding hydrogens is 240 g/mol. The van der Waals surface area contributed by atoms with E-state index in [1.165, 1.54) is 27.1 Å². The first-order chi connectivity index (χ1) is 7.40. The number of nitrogens with one attached hydrogen (secondary N) is 2. The van der Waals surface area contributed by atoms with Crippen molar-refractivity contribution in [3.8, 4) is 0 Å². The molecule has 1 aromatic carbocycles. The topological polar surface area (TPSA) is 27.8 Å². The van der Waals surface area contributed by atoms with Gasteiger partial charge in [0.25, 0.3) is 0 Å². The molecule has 1 aliphatic heterocycles. The molecule has 4 heteroatoms. The summed E-state index contributed by atoms with van der Waals surface area (Å²) in [7, 11) is 0. The van der Waals surface area contributed by atoms with Gasteiger partial charge in [-0.25, -0.2) is 0 Å². The van der Waals surface area contributed by atoms with Crippen LogP contribution in [0.25, 0.3) is 10.9 Å². The Balaban J connectivity index is 0.000000963. The zero-order valence-corrected chi connectivity index (χ0v) is 10.8. The fourth-order valence-electron chi connectivity index (χ4n) is 2.31. The zero-order chi connectivity index (χ0) is 10.3. The van der Waals surface area contributed by atoms with Gasteiger partial charge in [0, 0.05) is 35.5 Å². The quantitative estimate of drug-likeness (QED) is 0.766. The minimum Gasteiger partial charge on any atom is -0.357 e. The van der Waals surface area contributed by atoms with Gasteiger partial charge in [0.05, 0.1) is 5.52 Å². The maximum absolute atomic E-state index is 3.57. The van der Waals surface area contributed by atoms with Gasteiger partial charge in [0.15, 0.2) is 0 Å². The number of halogens is 1. The predicted molar refractivity (Wildman–Crippen MR) is 72.7 cm³/mol. The lowest BCUT2D eigenvalue weighted by atomic mass is 10.1. The number of hydrogen-bond donors (Lipinski definition) is 2. The summed E-state index contributed by atoms with van der Waals surface area (Å²) in [6, 6.07) is 6.55. The van der Waals surface area contributed by atoms with E-state index in [9.17, 15) is 0 Å². The summed E-state index contributed by atoms with van der Waals surface area (Å²) in [5.74, 6) is 0. The molecule has 2 heterocycles. The van der Waals surface area contributed by atoms with Crippen molar-refractivity contribution in [1.29, 1.82) is 0 Å². The highest BCUT2D eigenvalue weighted by atomic mass is 35.5. The van der Waals surface area contributed by atoms with Gasteiger partial charge < -0.3 is 10.3 Å². The second kappa shape index (κ2) is 4.70. The van der Waals surface area contributed by atoms with Gasteiger partial charge in [-0.05, 0) is 17.9 Å². The van der Waals surface area contributed by atoms with Gasteiger partial charge in [0.2, 0.25) is 0 Å². The van der Waals surface area contributed by atoms with Crippen LogP contribution >= 0.6 is 24.2 Å². The number of fused-ring (bicyclic) bond motifs is 3. The first-order valence-electron chi connectivity index (χ1n) is 5.27. The van der Waals surface area contributed by atoms with E-state index in [0.717, 1.165) is 19.5 Å². The summed E-state index contributed by atoms with van der Waals surface area (Å²) in [6.07, 6.45) is 3.25. The van der Waals surface area contributed by atoms with Gasteiger partial charge in [0.1, 0.15) is 0 Å². The molecule has 0 fully saturated rings. The van der Waals surface area contributed by atoms with Crippen LogP contribution in [-0.2, 0) is 13.0 Å². The van der Waals surface area contributed by atoms with E-state index in [1.54, 1.807) is 0 Å². The smallest absolute Gasteiger partial charge is 0.0597 e. The number of H-pyrrole nitrogens is 1. The molecule has 0 atom stereocenters. The lowest BCUT2D eigenvalue weighted by Gasteiger charge is -2.12. The van der Waals surface area contributed by atoms with Crippen LogP contribution < -0.4 is 5.32 Å². The number of thioether (sulfide) groups is 1. The van der Waals surface area contributed by atoms with Crippen LogP contribution in [0.5, 0.6) is 0 Å². The molecule has 3 rings (SSSR count). The zero-order valence-electron chi connectivity index (χ0n) is 9.17. The third-order valence-electron chi connectivity index (χ3n) is 3.06. The van der Waals surface area contributed by atoms with E-state index in [-0.39, 0.29) is 12.4 Å². The highest BCUT2D eigenvalue weighted by Gasteiger charge is 2.15. The first-order valence-corrected chi connectivity index (χ1v) is 6.50.